The molecule has 0 aliphatic rings. The third-order valence-corrected chi connectivity index (χ3v) is 1.69. The fourth-order valence-electron chi connectivity index (χ4n) is 0.417. The van der Waals surface area contributed by atoms with Crippen molar-refractivity contribution in [2.45, 2.75) is 27.2 Å². The highest BCUT2D eigenvalue weighted by Gasteiger charge is 2.17. The number of hydrogen-bond acceptors (Lipinski definition) is 2. The molecule has 0 saturated carbocycles. The minimum atomic E-state index is -1.03. The van der Waals surface area contributed by atoms with Gasteiger partial charge in [-0.25, -0.2) is 9.18 Å². The van der Waals surface area contributed by atoms with Crippen molar-refractivity contribution in [3.63, 3.8) is 0 Å². The second-order valence-corrected chi connectivity index (χ2v) is 3.31. The molecule has 0 radical (unpaired) electrons. The van der Waals surface area contributed by atoms with Crippen LogP contribution in [0.3, 0.4) is 0 Å². The molecule has 0 aliphatic carbocycles. The quantitative estimate of drug-likeness (QED) is 0.590. The molecule has 0 bridgehead atoms. The third-order valence-electron chi connectivity index (χ3n) is 1.69. The minimum Gasteiger partial charge on any atom is -0.463 e. The molecule has 66 valence electrons. The van der Waals surface area contributed by atoms with Crippen molar-refractivity contribution in [1.82, 2.24) is 0 Å². The van der Waals surface area contributed by atoms with Crippen LogP contribution in [0.4, 0.5) is 4.39 Å². The summed E-state index contributed by atoms with van der Waals surface area (Å²) in [4.78, 5) is 10.4. The number of ether oxygens (including phenoxy) is 1. The first kappa shape index (κ1) is 10.4. The Labute approximate surface area is 66.7 Å². The fraction of sp³-hybridized carbons (Fsp3) is 0.875. The topological polar surface area (TPSA) is 26.3 Å². The predicted molar refractivity (Wildman–Crippen MR) is 41.0 cm³/mol. The Morgan fingerprint density at radius 1 is 1.55 bits per heavy atom. The highest BCUT2D eigenvalue weighted by molar-refractivity contribution is 5.70. The van der Waals surface area contributed by atoms with Crippen LogP contribution in [0.15, 0.2) is 0 Å². The van der Waals surface area contributed by atoms with Crippen LogP contribution >= 0.6 is 0 Å². The minimum absolute atomic E-state index is 0.0369. The maximum absolute atomic E-state index is 11.6. The van der Waals surface area contributed by atoms with Crippen molar-refractivity contribution in [2.75, 3.05) is 13.3 Å². The molecule has 0 unspecified atom stereocenters. The van der Waals surface area contributed by atoms with Gasteiger partial charge in [0.2, 0.25) is 0 Å². The number of carbonyl (C=O) groups excluding carboxylic acids is 1. The van der Waals surface area contributed by atoms with Gasteiger partial charge in [0.15, 0.2) is 6.67 Å². The van der Waals surface area contributed by atoms with Crippen LogP contribution in [0.5, 0.6) is 0 Å². The van der Waals surface area contributed by atoms with Crippen LogP contribution in [-0.2, 0) is 9.53 Å². The number of halogens is 1. The predicted octanol–water partition coefficient (Wildman–Crippen LogP) is 1.94. The summed E-state index contributed by atoms with van der Waals surface area (Å²) in [5.41, 5.74) is -0.0369. The average molecular weight is 162 g/mol. The summed E-state index contributed by atoms with van der Waals surface area (Å²) in [5.74, 6) is -0.772. The number of esters is 1. The van der Waals surface area contributed by atoms with Crippen LogP contribution in [0.25, 0.3) is 0 Å². The molecule has 3 heteroatoms. The van der Waals surface area contributed by atoms with E-state index in [1.54, 1.807) is 0 Å². The van der Waals surface area contributed by atoms with Gasteiger partial charge in [-0.3, -0.25) is 0 Å². The van der Waals surface area contributed by atoms with Crippen LogP contribution in [0, 0.1) is 5.41 Å². The van der Waals surface area contributed by atoms with E-state index in [0.717, 1.165) is 6.42 Å². The van der Waals surface area contributed by atoms with E-state index in [4.69, 9.17) is 0 Å². The third kappa shape index (κ3) is 4.76. The van der Waals surface area contributed by atoms with Gasteiger partial charge < -0.3 is 4.74 Å². The molecule has 11 heavy (non-hydrogen) atoms. The molecule has 0 aromatic carbocycles. The summed E-state index contributed by atoms with van der Waals surface area (Å²) < 4.78 is 16.2. The molecule has 0 atom stereocenters. The highest BCUT2D eigenvalue weighted by Crippen LogP contribution is 2.19. The van der Waals surface area contributed by atoms with Crippen LogP contribution < -0.4 is 0 Å². The van der Waals surface area contributed by atoms with Crippen molar-refractivity contribution < 1.29 is 13.9 Å². The van der Waals surface area contributed by atoms with Gasteiger partial charge in [0.1, 0.15) is 0 Å². The summed E-state index contributed by atoms with van der Waals surface area (Å²) in [7, 11) is 0. The van der Waals surface area contributed by atoms with Gasteiger partial charge in [-0.05, 0) is 11.8 Å². The summed E-state index contributed by atoms with van der Waals surface area (Å²) in [6.45, 7) is 5.21. The van der Waals surface area contributed by atoms with Gasteiger partial charge in [-0.2, -0.15) is 0 Å². The normalized spacial score (nSPS) is 11.3. The van der Waals surface area contributed by atoms with Crippen molar-refractivity contribution in [3.05, 3.63) is 0 Å². The molecule has 0 aromatic rings. The Kier molecular flexibility index (Phi) is 4.08. The molecule has 0 spiro atoms. The Hall–Kier alpha value is -0.600. The molecule has 0 aliphatic heterocycles. The Balaban J connectivity index is 3.61. The smallest absolute Gasteiger partial charge is 0.337 e. The van der Waals surface area contributed by atoms with E-state index in [9.17, 15) is 9.18 Å². The fourth-order valence-corrected chi connectivity index (χ4v) is 0.417. The monoisotopic (exact) mass is 162 g/mol. The zero-order valence-electron chi connectivity index (χ0n) is 7.32. The molecule has 0 N–H and O–H groups in total. The molecule has 0 amide bonds. The summed E-state index contributed by atoms with van der Waals surface area (Å²) in [5, 5.41) is 0. The summed E-state index contributed by atoms with van der Waals surface area (Å²) >= 11 is 0. The molecule has 0 saturated heterocycles. The number of hydrogen-bond donors (Lipinski definition) is 0. The van der Waals surface area contributed by atoms with Crippen molar-refractivity contribution >= 4 is 5.97 Å². The maximum Gasteiger partial charge on any atom is 0.337 e. The number of rotatable bonds is 4. The lowest BCUT2D eigenvalue weighted by Gasteiger charge is -2.21. The standard InChI is InChI=1S/C8H15FO2/c1-4-8(2,3)6-11-7(10)5-9/h4-6H2,1-3H3. The second-order valence-electron chi connectivity index (χ2n) is 3.31. The molecule has 0 rings (SSSR count). The summed E-state index contributed by atoms with van der Waals surface area (Å²) in [6.07, 6.45) is 0.909. The number of alkyl halides is 1. The van der Waals surface area contributed by atoms with E-state index in [1.807, 2.05) is 20.8 Å². The van der Waals surface area contributed by atoms with Gasteiger partial charge in [-0.1, -0.05) is 20.8 Å². The summed E-state index contributed by atoms with van der Waals surface area (Å²) in [6, 6.07) is 0. The molecule has 2 nitrogen and oxygen atoms in total. The first-order chi connectivity index (χ1) is 5.02. The van der Waals surface area contributed by atoms with E-state index >= 15 is 0 Å². The van der Waals surface area contributed by atoms with E-state index in [-0.39, 0.29) is 5.41 Å². The lowest BCUT2D eigenvalue weighted by molar-refractivity contribution is -0.147. The zero-order chi connectivity index (χ0) is 8.91. The van der Waals surface area contributed by atoms with Gasteiger partial charge in [0.25, 0.3) is 0 Å². The Morgan fingerprint density at radius 3 is 2.45 bits per heavy atom. The van der Waals surface area contributed by atoms with Gasteiger partial charge in [-0.15, -0.1) is 0 Å². The van der Waals surface area contributed by atoms with Crippen LogP contribution in [0.1, 0.15) is 27.2 Å². The van der Waals surface area contributed by atoms with E-state index in [1.165, 1.54) is 0 Å². The first-order valence-corrected chi connectivity index (χ1v) is 3.73. The highest BCUT2D eigenvalue weighted by atomic mass is 19.1. The average Bonchev–Trinajstić information content (AvgIpc) is 2.00. The lowest BCUT2D eigenvalue weighted by atomic mass is 9.92. The van der Waals surface area contributed by atoms with Gasteiger partial charge in [0.05, 0.1) is 6.61 Å². The molecule has 0 fully saturated rings. The van der Waals surface area contributed by atoms with Gasteiger partial charge >= 0.3 is 5.97 Å². The molecule has 0 aromatic heterocycles. The SMILES string of the molecule is CCC(C)(C)COC(=O)CF. The Bertz CT molecular complexity index is 132. The van der Waals surface area contributed by atoms with E-state index in [0.29, 0.717) is 6.61 Å². The zero-order valence-corrected chi connectivity index (χ0v) is 7.32. The Morgan fingerprint density at radius 2 is 2.09 bits per heavy atom. The second kappa shape index (κ2) is 4.31. The molecular weight excluding hydrogens is 147 g/mol. The number of carbonyl (C=O) groups is 1. The maximum atomic E-state index is 11.6. The largest absolute Gasteiger partial charge is 0.463 e. The van der Waals surface area contributed by atoms with E-state index < -0.39 is 12.6 Å². The van der Waals surface area contributed by atoms with Crippen molar-refractivity contribution in [3.8, 4) is 0 Å². The lowest BCUT2D eigenvalue weighted by Crippen LogP contribution is -2.21. The first-order valence-electron chi connectivity index (χ1n) is 3.73. The van der Waals surface area contributed by atoms with Crippen LogP contribution in [-0.4, -0.2) is 19.3 Å². The molecular formula is C8H15FO2. The van der Waals surface area contributed by atoms with Gasteiger partial charge in [0, 0.05) is 0 Å². The van der Waals surface area contributed by atoms with Crippen LogP contribution in [0.2, 0.25) is 0 Å². The van der Waals surface area contributed by atoms with E-state index in [2.05, 4.69) is 4.74 Å². The molecule has 0 heterocycles. The van der Waals surface area contributed by atoms with Crippen molar-refractivity contribution in [1.29, 1.82) is 0 Å². The van der Waals surface area contributed by atoms with Crippen molar-refractivity contribution in [2.24, 2.45) is 5.41 Å².